The van der Waals surface area contributed by atoms with Crippen molar-refractivity contribution in [1.29, 1.82) is 0 Å². The van der Waals surface area contributed by atoms with Crippen molar-refractivity contribution in [3.63, 3.8) is 0 Å². The fraction of sp³-hybridized carbons (Fsp3) is 0.900. The van der Waals surface area contributed by atoms with Gasteiger partial charge in [0.2, 0.25) is 5.91 Å². The number of carbonyl (C=O) groups is 1. The van der Waals surface area contributed by atoms with Crippen molar-refractivity contribution in [3.05, 3.63) is 0 Å². The molecular weight excluding hydrogens is 178 g/mol. The molecule has 4 heteroatoms. The second-order valence-electron chi connectivity index (χ2n) is 4.06. The van der Waals surface area contributed by atoms with Crippen LogP contribution in [0.4, 0.5) is 0 Å². The molecule has 1 aliphatic rings. The summed E-state index contributed by atoms with van der Waals surface area (Å²) < 4.78 is 0. The number of hydrogen-bond acceptors (Lipinski definition) is 3. The van der Waals surface area contributed by atoms with Gasteiger partial charge in [-0.3, -0.25) is 4.79 Å². The highest BCUT2D eigenvalue weighted by molar-refractivity contribution is 5.73. The predicted molar refractivity (Wildman–Crippen MR) is 57.0 cm³/mol. The number of amides is 1. The van der Waals surface area contributed by atoms with Crippen LogP contribution in [0.15, 0.2) is 0 Å². The first-order valence-electron chi connectivity index (χ1n) is 5.31. The zero-order valence-electron chi connectivity index (χ0n) is 9.20. The lowest BCUT2D eigenvalue weighted by Crippen LogP contribution is -2.42. The molecule has 0 saturated carbocycles. The van der Waals surface area contributed by atoms with Gasteiger partial charge in [-0.2, -0.15) is 0 Å². The van der Waals surface area contributed by atoms with E-state index < -0.39 is 0 Å². The quantitative estimate of drug-likeness (QED) is 0.687. The van der Waals surface area contributed by atoms with Crippen molar-refractivity contribution in [2.24, 2.45) is 5.73 Å². The van der Waals surface area contributed by atoms with E-state index in [4.69, 9.17) is 5.73 Å². The van der Waals surface area contributed by atoms with E-state index >= 15 is 0 Å². The summed E-state index contributed by atoms with van der Waals surface area (Å²) in [6.45, 7) is 5.13. The first kappa shape index (κ1) is 11.5. The Hall–Kier alpha value is -0.610. The van der Waals surface area contributed by atoms with E-state index in [2.05, 4.69) is 11.9 Å². The molecule has 0 bridgehead atoms. The van der Waals surface area contributed by atoms with Crippen LogP contribution in [0.25, 0.3) is 0 Å². The van der Waals surface area contributed by atoms with E-state index in [0.717, 1.165) is 32.5 Å². The van der Waals surface area contributed by atoms with E-state index in [0.29, 0.717) is 12.6 Å². The maximum atomic E-state index is 11.3. The maximum absolute atomic E-state index is 11.3. The topological polar surface area (TPSA) is 49.6 Å². The molecule has 1 fully saturated rings. The van der Waals surface area contributed by atoms with Crippen LogP contribution in [0.5, 0.6) is 0 Å². The van der Waals surface area contributed by atoms with Gasteiger partial charge >= 0.3 is 0 Å². The molecular formula is C10H21N3O. The average Bonchev–Trinajstić information content (AvgIpc) is 2.52. The third-order valence-electron chi connectivity index (χ3n) is 2.81. The van der Waals surface area contributed by atoms with Gasteiger partial charge < -0.3 is 15.5 Å². The van der Waals surface area contributed by atoms with Gasteiger partial charge in [-0.05, 0) is 19.9 Å². The molecule has 1 saturated heterocycles. The Balaban J connectivity index is 2.39. The van der Waals surface area contributed by atoms with Crippen molar-refractivity contribution in [2.75, 3.05) is 33.2 Å². The number of nitrogens with zero attached hydrogens (tertiary/aromatic N) is 2. The Morgan fingerprint density at radius 3 is 2.93 bits per heavy atom. The van der Waals surface area contributed by atoms with Crippen molar-refractivity contribution >= 4 is 5.91 Å². The number of likely N-dealkylation sites (tertiary alicyclic amines) is 1. The van der Waals surface area contributed by atoms with E-state index in [1.807, 2.05) is 4.90 Å². The van der Waals surface area contributed by atoms with E-state index in [1.54, 1.807) is 6.92 Å². The smallest absolute Gasteiger partial charge is 0.219 e. The average molecular weight is 199 g/mol. The number of rotatable bonds is 4. The lowest BCUT2D eigenvalue weighted by atomic mass is 10.2. The third-order valence-corrected chi connectivity index (χ3v) is 2.81. The van der Waals surface area contributed by atoms with Crippen molar-refractivity contribution < 1.29 is 4.79 Å². The molecule has 1 atom stereocenters. The minimum absolute atomic E-state index is 0.202. The van der Waals surface area contributed by atoms with E-state index in [9.17, 15) is 4.79 Å². The molecule has 0 aromatic heterocycles. The molecule has 1 heterocycles. The first-order valence-corrected chi connectivity index (χ1v) is 5.31. The van der Waals surface area contributed by atoms with Crippen LogP contribution in [0, 0.1) is 0 Å². The Morgan fingerprint density at radius 1 is 1.64 bits per heavy atom. The molecule has 0 aromatic carbocycles. The highest BCUT2D eigenvalue weighted by Crippen LogP contribution is 2.17. The highest BCUT2D eigenvalue weighted by Gasteiger charge is 2.26. The van der Waals surface area contributed by atoms with Crippen LogP contribution in [-0.4, -0.2) is 55.0 Å². The van der Waals surface area contributed by atoms with Gasteiger partial charge in [-0.15, -0.1) is 0 Å². The van der Waals surface area contributed by atoms with Gasteiger partial charge in [0, 0.05) is 39.1 Å². The minimum Gasteiger partial charge on any atom is -0.339 e. The molecule has 0 unspecified atom stereocenters. The Bertz CT molecular complexity index is 196. The first-order chi connectivity index (χ1) is 6.65. The zero-order valence-corrected chi connectivity index (χ0v) is 9.20. The van der Waals surface area contributed by atoms with Gasteiger partial charge in [0.25, 0.3) is 0 Å². The Labute approximate surface area is 86.0 Å². The molecule has 82 valence electrons. The van der Waals surface area contributed by atoms with Crippen molar-refractivity contribution in [1.82, 2.24) is 9.80 Å². The lowest BCUT2D eigenvalue weighted by molar-refractivity contribution is -0.129. The summed E-state index contributed by atoms with van der Waals surface area (Å²) in [5.41, 5.74) is 5.48. The second-order valence-corrected chi connectivity index (χ2v) is 4.06. The predicted octanol–water partition coefficient (Wildman–Crippen LogP) is -0.112. The normalized spacial score (nSPS) is 22.0. The standard InChI is InChI=1S/C10H21N3O/c1-9(14)13-6-3-4-10(13)8-12(2)7-5-11/h10H,3-8,11H2,1-2H3/t10-/m1/s1. The largest absolute Gasteiger partial charge is 0.339 e. The van der Waals surface area contributed by atoms with Crippen molar-refractivity contribution in [2.45, 2.75) is 25.8 Å². The fourth-order valence-electron chi connectivity index (χ4n) is 2.11. The minimum atomic E-state index is 0.202. The van der Waals surface area contributed by atoms with Crippen molar-refractivity contribution in [3.8, 4) is 0 Å². The molecule has 4 nitrogen and oxygen atoms in total. The summed E-state index contributed by atoms with van der Waals surface area (Å²) in [6.07, 6.45) is 2.27. The number of hydrogen-bond donors (Lipinski definition) is 1. The molecule has 0 aromatic rings. The summed E-state index contributed by atoms with van der Waals surface area (Å²) >= 11 is 0. The van der Waals surface area contributed by atoms with Gasteiger partial charge in [0.1, 0.15) is 0 Å². The Kier molecular flexibility index (Phi) is 4.35. The van der Waals surface area contributed by atoms with E-state index in [-0.39, 0.29) is 5.91 Å². The SMILES string of the molecule is CC(=O)N1CCC[C@@H]1CN(C)CCN. The molecule has 1 aliphatic heterocycles. The number of nitrogens with two attached hydrogens (primary N) is 1. The second kappa shape index (κ2) is 5.32. The monoisotopic (exact) mass is 199 g/mol. The van der Waals surface area contributed by atoms with Crippen LogP contribution >= 0.6 is 0 Å². The third kappa shape index (κ3) is 2.96. The molecule has 1 amide bonds. The fourth-order valence-corrected chi connectivity index (χ4v) is 2.11. The summed E-state index contributed by atoms with van der Waals surface area (Å²) in [5.74, 6) is 0.202. The lowest BCUT2D eigenvalue weighted by Gasteiger charge is -2.27. The van der Waals surface area contributed by atoms with Crippen LogP contribution < -0.4 is 5.73 Å². The van der Waals surface area contributed by atoms with Crippen LogP contribution in [0.2, 0.25) is 0 Å². The van der Waals surface area contributed by atoms with Gasteiger partial charge in [-0.25, -0.2) is 0 Å². The molecule has 0 radical (unpaired) electrons. The van der Waals surface area contributed by atoms with Gasteiger partial charge in [0.05, 0.1) is 0 Å². The molecule has 14 heavy (non-hydrogen) atoms. The van der Waals surface area contributed by atoms with Crippen LogP contribution in [0.1, 0.15) is 19.8 Å². The highest BCUT2D eigenvalue weighted by atomic mass is 16.2. The molecule has 0 aliphatic carbocycles. The van der Waals surface area contributed by atoms with Crippen LogP contribution in [0.3, 0.4) is 0 Å². The molecule has 0 spiro atoms. The molecule has 1 rings (SSSR count). The summed E-state index contributed by atoms with van der Waals surface area (Å²) in [4.78, 5) is 15.5. The van der Waals surface area contributed by atoms with Gasteiger partial charge in [0.15, 0.2) is 0 Å². The maximum Gasteiger partial charge on any atom is 0.219 e. The summed E-state index contributed by atoms with van der Waals surface area (Å²) in [7, 11) is 2.06. The zero-order chi connectivity index (χ0) is 10.6. The Morgan fingerprint density at radius 2 is 2.36 bits per heavy atom. The van der Waals surface area contributed by atoms with E-state index in [1.165, 1.54) is 0 Å². The summed E-state index contributed by atoms with van der Waals surface area (Å²) in [5, 5.41) is 0. The molecule has 2 N–H and O–H groups in total. The number of likely N-dealkylation sites (N-methyl/N-ethyl adjacent to an activating group) is 1. The summed E-state index contributed by atoms with van der Waals surface area (Å²) in [6, 6.07) is 0.407. The van der Waals surface area contributed by atoms with Crippen LogP contribution in [-0.2, 0) is 4.79 Å². The number of carbonyl (C=O) groups excluding carboxylic acids is 1. The van der Waals surface area contributed by atoms with Gasteiger partial charge in [-0.1, -0.05) is 0 Å².